The highest BCUT2D eigenvalue weighted by molar-refractivity contribution is 7.92. The fourth-order valence-electron chi connectivity index (χ4n) is 3.10. The van der Waals surface area contributed by atoms with Crippen LogP contribution in [0.5, 0.6) is 5.75 Å². The summed E-state index contributed by atoms with van der Waals surface area (Å²) in [6.45, 7) is 0.989. The molecule has 0 bridgehead atoms. The van der Waals surface area contributed by atoms with Crippen molar-refractivity contribution in [2.24, 2.45) is 0 Å². The predicted molar refractivity (Wildman–Crippen MR) is 109 cm³/mol. The highest BCUT2D eigenvalue weighted by Gasteiger charge is 2.24. The van der Waals surface area contributed by atoms with Gasteiger partial charge >= 0.3 is 5.97 Å². The van der Waals surface area contributed by atoms with Gasteiger partial charge in [0.05, 0.1) is 30.0 Å². The molecule has 0 unspecified atom stereocenters. The number of anilines is 1. The van der Waals surface area contributed by atoms with Crippen LogP contribution in [-0.2, 0) is 14.8 Å². The first-order valence-electron chi connectivity index (χ1n) is 9.25. The third-order valence-electron chi connectivity index (χ3n) is 4.63. The van der Waals surface area contributed by atoms with E-state index in [0.29, 0.717) is 13.2 Å². The van der Waals surface area contributed by atoms with E-state index in [4.69, 9.17) is 9.47 Å². The van der Waals surface area contributed by atoms with E-state index in [1.54, 1.807) is 12.1 Å². The first kappa shape index (κ1) is 21.6. The Bertz CT molecular complexity index is 1050. The Balaban J connectivity index is 1.86. The minimum atomic E-state index is -4.24. The van der Waals surface area contributed by atoms with Gasteiger partial charge in [-0.3, -0.25) is 9.52 Å². The summed E-state index contributed by atoms with van der Waals surface area (Å²) >= 11 is 0. The number of sulfonamides is 1. The Labute approximate surface area is 174 Å². The number of nitrogens with one attached hydrogen (secondary N) is 2. The Hall–Kier alpha value is -3.11. The molecule has 30 heavy (non-hydrogen) atoms. The van der Waals surface area contributed by atoms with Crippen LogP contribution in [0.25, 0.3) is 0 Å². The molecule has 3 N–H and O–H groups in total. The molecule has 0 aromatic heterocycles. The van der Waals surface area contributed by atoms with Gasteiger partial charge in [0.2, 0.25) is 0 Å². The summed E-state index contributed by atoms with van der Waals surface area (Å²) in [5.41, 5.74) is -0.0173. The molecule has 0 radical (unpaired) electrons. The maximum absolute atomic E-state index is 13.0. The minimum absolute atomic E-state index is 0.0205. The van der Waals surface area contributed by atoms with Crippen LogP contribution in [0.1, 0.15) is 33.6 Å². The molecule has 1 aliphatic rings. The second-order valence-corrected chi connectivity index (χ2v) is 8.32. The van der Waals surface area contributed by atoms with Crippen LogP contribution >= 0.6 is 0 Å². The number of carbonyl (C=O) groups excluding carboxylic acids is 1. The van der Waals surface area contributed by atoms with Crippen LogP contribution < -0.4 is 14.8 Å². The van der Waals surface area contributed by atoms with Gasteiger partial charge < -0.3 is 19.9 Å². The van der Waals surface area contributed by atoms with Gasteiger partial charge in [-0.25, -0.2) is 13.2 Å². The van der Waals surface area contributed by atoms with Crippen molar-refractivity contribution in [1.29, 1.82) is 0 Å². The number of carbonyl (C=O) groups is 2. The van der Waals surface area contributed by atoms with E-state index in [1.807, 2.05) is 0 Å². The standard InChI is InChI=1S/C20H22N2O7S/c1-28-17-9-8-13(20(24)25)11-18(17)30(26,27)22-16-7-3-2-6-15(16)19(23)21-12-14-5-4-10-29-14/h2-3,6-9,11,14,22H,4-5,10,12H2,1H3,(H,21,23)(H,24,25)/t14-/m1/s1. The number of carboxylic acids is 1. The smallest absolute Gasteiger partial charge is 0.335 e. The van der Waals surface area contributed by atoms with E-state index in [-0.39, 0.29) is 33.6 Å². The summed E-state index contributed by atoms with van der Waals surface area (Å²) in [5, 5.41) is 11.9. The molecule has 2 aromatic rings. The Morgan fingerprint density at radius 3 is 2.67 bits per heavy atom. The first-order chi connectivity index (χ1) is 14.3. The van der Waals surface area contributed by atoms with Gasteiger partial charge in [0, 0.05) is 13.2 Å². The summed E-state index contributed by atoms with van der Waals surface area (Å²) in [7, 11) is -2.96. The molecule has 3 rings (SSSR count). The topological polar surface area (TPSA) is 131 Å². The van der Waals surface area contributed by atoms with Crippen LogP contribution in [0.4, 0.5) is 5.69 Å². The molecule has 1 amide bonds. The summed E-state index contributed by atoms with van der Waals surface area (Å²) in [5.74, 6) is -1.74. The summed E-state index contributed by atoms with van der Waals surface area (Å²) in [6, 6.07) is 9.65. The van der Waals surface area contributed by atoms with Gasteiger partial charge in [0.25, 0.3) is 15.9 Å². The van der Waals surface area contributed by atoms with Crippen molar-refractivity contribution in [2.45, 2.75) is 23.8 Å². The van der Waals surface area contributed by atoms with E-state index in [0.717, 1.165) is 18.9 Å². The van der Waals surface area contributed by atoms with Crippen molar-refractivity contribution in [3.05, 3.63) is 53.6 Å². The molecule has 1 fully saturated rings. The fraction of sp³-hybridized carbons (Fsp3) is 0.300. The lowest BCUT2D eigenvalue weighted by molar-refractivity contribution is 0.0696. The fourth-order valence-corrected chi connectivity index (χ4v) is 4.37. The van der Waals surface area contributed by atoms with Crippen molar-refractivity contribution in [3.63, 3.8) is 0 Å². The normalized spacial score (nSPS) is 16.1. The van der Waals surface area contributed by atoms with Crippen molar-refractivity contribution >= 4 is 27.6 Å². The largest absolute Gasteiger partial charge is 0.495 e. The van der Waals surface area contributed by atoms with E-state index in [9.17, 15) is 23.1 Å². The van der Waals surface area contributed by atoms with E-state index < -0.39 is 21.9 Å². The average molecular weight is 434 g/mol. The number of rotatable bonds is 8. The molecule has 0 spiro atoms. The number of benzene rings is 2. The lowest BCUT2D eigenvalue weighted by Crippen LogP contribution is -2.32. The molecule has 9 nitrogen and oxygen atoms in total. The number of methoxy groups -OCH3 is 1. The van der Waals surface area contributed by atoms with Crippen molar-refractivity contribution in [1.82, 2.24) is 5.32 Å². The first-order valence-corrected chi connectivity index (χ1v) is 10.7. The number of aromatic carboxylic acids is 1. The highest BCUT2D eigenvalue weighted by atomic mass is 32.2. The van der Waals surface area contributed by atoms with Gasteiger partial charge in [0.1, 0.15) is 10.6 Å². The van der Waals surface area contributed by atoms with Gasteiger partial charge in [0.15, 0.2) is 0 Å². The predicted octanol–water partition coefficient (Wildman–Crippen LogP) is 2.10. The summed E-state index contributed by atoms with van der Waals surface area (Å²) in [4.78, 5) is 23.5. The zero-order valence-corrected chi connectivity index (χ0v) is 17.1. The molecule has 0 aliphatic carbocycles. The number of hydrogen-bond donors (Lipinski definition) is 3. The number of para-hydroxylation sites is 1. The third kappa shape index (κ3) is 4.89. The van der Waals surface area contributed by atoms with E-state index in [2.05, 4.69) is 10.0 Å². The zero-order valence-electron chi connectivity index (χ0n) is 16.3. The van der Waals surface area contributed by atoms with Crippen molar-refractivity contribution < 1.29 is 32.6 Å². The second-order valence-electron chi connectivity index (χ2n) is 6.67. The molecular weight excluding hydrogens is 412 g/mol. The second kappa shape index (κ2) is 9.14. The molecule has 1 saturated heterocycles. The maximum atomic E-state index is 13.0. The van der Waals surface area contributed by atoms with Crippen LogP contribution in [0.15, 0.2) is 47.4 Å². The van der Waals surface area contributed by atoms with Crippen LogP contribution in [0.3, 0.4) is 0 Å². The number of amides is 1. The lowest BCUT2D eigenvalue weighted by atomic mass is 10.1. The molecule has 2 aromatic carbocycles. The van der Waals surface area contributed by atoms with Crippen LogP contribution in [0, 0.1) is 0 Å². The van der Waals surface area contributed by atoms with Gasteiger partial charge in [-0.05, 0) is 43.2 Å². The number of carboxylic acid groups (broad SMARTS) is 1. The van der Waals surface area contributed by atoms with Gasteiger partial charge in [-0.2, -0.15) is 0 Å². The molecular formula is C20H22N2O7S. The molecule has 1 aliphatic heterocycles. The van der Waals surface area contributed by atoms with Gasteiger partial charge in [-0.1, -0.05) is 12.1 Å². The van der Waals surface area contributed by atoms with Gasteiger partial charge in [-0.15, -0.1) is 0 Å². The van der Waals surface area contributed by atoms with E-state index in [1.165, 1.54) is 31.4 Å². The Kier molecular flexibility index (Phi) is 6.58. The Morgan fingerprint density at radius 2 is 2.00 bits per heavy atom. The van der Waals surface area contributed by atoms with Crippen molar-refractivity contribution in [2.75, 3.05) is 25.0 Å². The third-order valence-corrected chi connectivity index (χ3v) is 6.02. The summed E-state index contributed by atoms with van der Waals surface area (Å²) in [6.07, 6.45) is 1.74. The minimum Gasteiger partial charge on any atom is -0.495 e. The summed E-state index contributed by atoms with van der Waals surface area (Å²) < 4.78 is 38.8. The van der Waals surface area contributed by atoms with Crippen LogP contribution in [0.2, 0.25) is 0 Å². The number of hydrogen-bond acceptors (Lipinski definition) is 6. The van der Waals surface area contributed by atoms with Crippen molar-refractivity contribution in [3.8, 4) is 5.75 Å². The van der Waals surface area contributed by atoms with E-state index >= 15 is 0 Å². The monoisotopic (exact) mass is 434 g/mol. The average Bonchev–Trinajstić information content (AvgIpc) is 3.25. The zero-order chi connectivity index (χ0) is 21.7. The molecule has 1 heterocycles. The SMILES string of the molecule is COc1ccc(C(=O)O)cc1S(=O)(=O)Nc1ccccc1C(=O)NC[C@H]1CCCO1. The maximum Gasteiger partial charge on any atom is 0.335 e. The quantitative estimate of drug-likeness (QED) is 0.580. The molecule has 10 heteroatoms. The van der Waals surface area contributed by atoms with Crippen LogP contribution in [-0.4, -0.2) is 51.8 Å². The molecule has 0 saturated carbocycles. The lowest BCUT2D eigenvalue weighted by Gasteiger charge is -2.16. The molecule has 1 atom stereocenters. The number of ether oxygens (including phenoxy) is 2. The highest BCUT2D eigenvalue weighted by Crippen LogP contribution is 2.28. The Morgan fingerprint density at radius 1 is 1.23 bits per heavy atom. The molecule has 160 valence electrons.